The van der Waals surface area contributed by atoms with E-state index in [0.29, 0.717) is 47.6 Å². The fourth-order valence-corrected chi connectivity index (χ4v) is 6.54. The topological polar surface area (TPSA) is 154 Å². The van der Waals surface area contributed by atoms with Gasteiger partial charge in [-0.25, -0.2) is 9.78 Å². The number of rotatable bonds is 11. The summed E-state index contributed by atoms with van der Waals surface area (Å²) in [5.41, 5.74) is 2.88. The highest BCUT2D eigenvalue weighted by Crippen LogP contribution is 2.50. The number of carbonyl (C=O) groups excluding carboxylic acids is 3. The third kappa shape index (κ3) is 7.36. The minimum absolute atomic E-state index is 0.177. The summed E-state index contributed by atoms with van der Waals surface area (Å²) >= 11 is 1.21. The van der Waals surface area contributed by atoms with Gasteiger partial charge in [0.15, 0.2) is 22.3 Å². The summed E-state index contributed by atoms with van der Waals surface area (Å²) in [6, 6.07) is 6.26. The maximum Gasteiger partial charge on any atom is 0.357 e. The second-order valence-electron chi connectivity index (χ2n) is 10.9. The molecule has 0 saturated carbocycles. The Kier molecular flexibility index (Phi) is 10.7. The molecule has 1 heterocycles. The normalized spacial score (nSPS) is 13.6. The molecule has 0 spiro atoms. The lowest BCUT2D eigenvalue weighted by atomic mass is 9.95. The van der Waals surface area contributed by atoms with Gasteiger partial charge in [0.2, 0.25) is 23.0 Å². The number of aryl methyl sites for hydroxylation is 1. The number of esters is 1. The number of nitrogens with one attached hydrogen (secondary N) is 3. The van der Waals surface area contributed by atoms with E-state index in [1.165, 1.54) is 45.7 Å². The van der Waals surface area contributed by atoms with Gasteiger partial charge in [-0.05, 0) is 60.1 Å². The first-order chi connectivity index (χ1) is 21.5. The lowest BCUT2D eigenvalue weighted by Gasteiger charge is -2.19. The SMILES string of the molecule is COC(=O)c1nc(NC(=O)CNc2ccc3c(cc2=O)C(NC(C)=O)CCc2cc(OC)c(OC)c(OC)c2-3)sc1CC(C)C. The number of fused-ring (bicyclic) bond motifs is 3. The zero-order valence-corrected chi connectivity index (χ0v) is 27.2. The number of benzene rings is 1. The molecule has 240 valence electrons. The van der Waals surface area contributed by atoms with Gasteiger partial charge in [-0.3, -0.25) is 14.4 Å². The van der Waals surface area contributed by atoms with Crippen LogP contribution in [0.5, 0.6) is 17.2 Å². The van der Waals surface area contributed by atoms with Crippen LogP contribution in [-0.4, -0.2) is 57.8 Å². The molecule has 0 aliphatic heterocycles. The number of aromatic nitrogens is 1. The molecule has 0 fully saturated rings. The molecule has 13 heteroatoms. The Hall–Kier alpha value is -4.65. The van der Waals surface area contributed by atoms with Crippen molar-refractivity contribution in [3.63, 3.8) is 0 Å². The van der Waals surface area contributed by atoms with Gasteiger partial charge in [0, 0.05) is 17.4 Å². The quantitative estimate of drug-likeness (QED) is 0.258. The van der Waals surface area contributed by atoms with Gasteiger partial charge in [0.05, 0.1) is 46.7 Å². The second kappa shape index (κ2) is 14.4. The number of amides is 2. The van der Waals surface area contributed by atoms with E-state index in [-0.39, 0.29) is 40.3 Å². The number of thiazole rings is 1. The molecule has 3 aromatic rings. The molecule has 1 unspecified atom stereocenters. The van der Waals surface area contributed by atoms with E-state index in [2.05, 4.69) is 20.9 Å². The lowest BCUT2D eigenvalue weighted by Crippen LogP contribution is -2.27. The van der Waals surface area contributed by atoms with E-state index in [9.17, 15) is 19.2 Å². The molecule has 0 radical (unpaired) electrons. The number of carbonyl (C=O) groups is 3. The van der Waals surface area contributed by atoms with Gasteiger partial charge < -0.3 is 34.9 Å². The number of nitrogens with zero attached hydrogens (tertiary/aromatic N) is 1. The summed E-state index contributed by atoms with van der Waals surface area (Å²) in [7, 11) is 5.88. The van der Waals surface area contributed by atoms with Gasteiger partial charge in [0.25, 0.3) is 0 Å². The van der Waals surface area contributed by atoms with E-state index >= 15 is 0 Å². The van der Waals surface area contributed by atoms with Crippen LogP contribution in [0.3, 0.4) is 0 Å². The monoisotopic (exact) mass is 638 g/mol. The minimum Gasteiger partial charge on any atom is -0.493 e. The Morgan fingerprint density at radius 1 is 1.04 bits per heavy atom. The van der Waals surface area contributed by atoms with Crippen LogP contribution in [0.25, 0.3) is 11.1 Å². The first-order valence-electron chi connectivity index (χ1n) is 14.4. The van der Waals surface area contributed by atoms with Crippen molar-refractivity contribution in [2.24, 2.45) is 5.92 Å². The smallest absolute Gasteiger partial charge is 0.357 e. The summed E-state index contributed by atoms with van der Waals surface area (Å²) in [6.45, 7) is 5.22. The van der Waals surface area contributed by atoms with Crippen LogP contribution in [0.1, 0.15) is 59.7 Å². The highest BCUT2D eigenvalue weighted by Gasteiger charge is 2.29. The average Bonchev–Trinajstić information content (AvgIpc) is 3.23. The Balaban J connectivity index is 1.69. The minimum atomic E-state index is -0.570. The molecule has 0 bridgehead atoms. The predicted molar refractivity (Wildman–Crippen MR) is 172 cm³/mol. The van der Waals surface area contributed by atoms with Gasteiger partial charge in [-0.1, -0.05) is 19.9 Å². The summed E-state index contributed by atoms with van der Waals surface area (Å²) in [5.74, 6) is 0.354. The molecular weight excluding hydrogens is 600 g/mol. The highest BCUT2D eigenvalue weighted by atomic mass is 32.1. The summed E-state index contributed by atoms with van der Waals surface area (Å²) < 4.78 is 21.9. The third-order valence-corrected chi connectivity index (χ3v) is 8.26. The van der Waals surface area contributed by atoms with Gasteiger partial charge in [0.1, 0.15) is 0 Å². The molecule has 0 saturated heterocycles. The third-order valence-electron chi connectivity index (χ3n) is 7.27. The van der Waals surface area contributed by atoms with E-state index in [1.54, 1.807) is 19.2 Å². The first kappa shape index (κ1) is 33.2. The van der Waals surface area contributed by atoms with Crippen LogP contribution < -0.4 is 35.6 Å². The number of ether oxygens (including phenoxy) is 4. The van der Waals surface area contributed by atoms with Crippen molar-refractivity contribution < 1.29 is 33.3 Å². The van der Waals surface area contributed by atoms with Gasteiger partial charge in [-0.2, -0.15) is 0 Å². The molecule has 45 heavy (non-hydrogen) atoms. The summed E-state index contributed by atoms with van der Waals surface area (Å²) in [5, 5.41) is 8.86. The maximum absolute atomic E-state index is 13.5. The zero-order valence-electron chi connectivity index (χ0n) is 26.4. The Labute approximate surface area is 265 Å². The van der Waals surface area contributed by atoms with Crippen molar-refractivity contribution in [2.75, 3.05) is 45.6 Å². The lowest BCUT2D eigenvalue weighted by molar-refractivity contribution is -0.119. The van der Waals surface area contributed by atoms with E-state index in [1.807, 2.05) is 19.9 Å². The molecule has 1 aliphatic carbocycles. The van der Waals surface area contributed by atoms with Crippen molar-refractivity contribution in [1.29, 1.82) is 0 Å². The maximum atomic E-state index is 13.5. The molecule has 2 amide bonds. The van der Waals surface area contributed by atoms with Crippen LogP contribution in [0.2, 0.25) is 0 Å². The molecule has 4 rings (SSSR count). The van der Waals surface area contributed by atoms with Crippen LogP contribution in [0.4, 0.5) is 10.8 Å². The molecule has 3 N–H and O–H groups in total. The van der Waals surface area contributed by atoms with Gasteiger partial charge in [-0.15, -0.1) is 11.3 Å². The largest absolute Gasteiger partial charge is 0.493 e. The average molecular weight is 639 g/mol. The Morgan fingerprint density at radius 3 is 2.40 bits per heavy atom. The van der Waals surface area contributed by atoms with Crippen LogP contribution in [0.15, 0.2) is 29.1 Å². The molecule has 2 aromatic carbocycles. The molecule has 1 aliphatic rings. The molecular formula is C32H38N4O8S. The van der Waals surface area contributed by atoms with Crippen molar-refractivity contribution in [3.8, 4) is 28.4 Å². The molecule has 1 atom stereocenters. The van der Waals surface area contributed by atoms with Gasteiger partial charge >= 0.3 is 5.97 Å². The van der Waals surface area contributed by atoms with Crippen molar-refractivity contribution >= 4 is 39.9 Å². The number of methoxy groups -OCH3 is 4. The first-order valence-corrected chi connectivity index (χ1v) is 15.2. The van der Waals surface area contributed by atoms with E-state index in [4.69, 9.17) is 18.9 Å². The van der Waals surface area contributed by atoms with Crippen molar-refractivity contribution in [1.82, 2.24) is 10.3 Å². The predicted octanol–water partition coefficient (Wildman–Crippen LogP) is 4.36. The van der Waals surface area contributed by atoms with Crippen molar-refractivity contribution in [3.05, 3.63) is 56.2 Å². The Morgan fingerprint density at radius 2 is 1.78 bits per heavy atom. The molecule has 12 nitrogen and oxygen atoms in total. The van der Waals surface area contributed by atoms with Crippen LogP contribution >= 0.6 is 11.3 Å². The zero-order chi connectivity index (χ0) is 32.8. The standard InChI is InChI=1S/C32H38N4O8S/c1-16(2)12-25-28(31(40)44-7)36-32(45-25)35-26(39)15-33-22-11-9-19-20(14-23(22)38)21(34-17(3)37)10-8-18-13-24(41-4)29(42-5)30(43-6)27(18)19/h9,11,13-14,16,21H,8,10,12,15H2,1-7H3,(H,33,38)(H,34,37)(H,35,36,39). The number of hydrogen-bond donors (Lipinski definition) is 3. The highest BCUT2D eigenvalue weighted by molar-refractivity contribution is 7.16. The Bertz CT molecular complexity index is 1670. The second-order valence-corrected chi connectivity index (χ2v) is 12.0. The fourth-order valence-electron chi connectivity index (χ4n) is 5.36. The number of anilines is 2. The van der Waals surface area contributed by atoms with E-state index < -0.39 is 17.9 Å². The summed E-state index contributed by atoms with van der Waals surface area (Å²) in [4.78, 5) is 55.8. The summed E-state index contributed by atoms with van der Waals surface area (Å²) in [6.07, 6.45) is 1.70. The van der Waals surface area contributed by atoms with Crippen LogP contribution in [0, 0.1) is 5.92 Å². The van der Waals surface area contributed by atoms with Crippen molar-refractivity contribution in [2.45, 2.75) is 46.1 Å². The number of hydrogen-bond acceptors (Lipinski definition) is 11. The molecule has 1 aromatic heterocycles. The van der Waals surface area contributed by atoms with Crippen LogP contribution in [-0.2, 0) is 27.2 Å². The van der Waals surface area contributed by atoms with E-state index in [0.717, 1.165) is 16.0 Å². The fraction of sp³-hybridized carbons (Fsp3) is 0.406.